The van der Waals surface area contributed by atoms with Crippen LogP contribution in [0.5, 0.6) is 0 Å². The van der Waals surface area contributed by atoms with Gasteiger partial charge in [0, 0.05) is 48.9 Å². The third-order valence-corrected chi connectivity index (χ3v) is 6.18. The number of nitrogens with one attached hydrogen (secondary N) is 1. The van der Waals surface area contributed by atoms with E-state index in [-0.39, 0.29) is 6.61 Å². The quantitative estimate of drug-likeness (QED) is 0.486. The van der Waals surface area contributed by atoms with Crippen LogP contribution >= 0.6 is 0 Å². The number of H-pyrrole nitrogens is 1. The summed E-state index contributed by atoms with van der Waals surface area (Å²) in [6, 6.07) is 16.8. The Bertz CT molecular complexity index is 1190. The number of aryl methyl sites for hydroxylation is 1. The summed E-state index contributed by atoms with van der Waals surface area (Å²) in [4.78, 5) is 9.50. The number of fused-ring (bicyclic) bond motifs is 1. The zero-order valence-corrected chi connectivity index (χ0v) is 18.1. The van der Waals surface area contributed by atoms with Gasteiger partial charge in [-0.2, -0.15) is 10.2 Å². The molecule has 3 heterocycles. The fourth-order valence-electron chi connectivity index (χ4n) is 4.45. The lowest BCUT2D eigenvalue weighted by molar-refractivity contribution is 0.136. The van der Waals surface area contributed by atoms with Crippen molar-refractivity contribution >= 4 is 16.7 Å². The molecule has 4 aromatic rings. The van der Waals surface area contributed by atoms with Crippen molar-refractivity contribution < 1.29 is 5.11 Å². The van der Waals surface area contributed by atoms with Gasteiger partial charge in [0.1, 0.15) is 0 Å². The van der Waals surface area contributed by atoms with Gasteiger partial charge in [-0.15, -0.1) is 5.10 Å². The first-order chi connectivity index (χ1) is 15.7. The molecule has 1 fully saturated rings. The molecule has 2 aromatic carbocycles. The molecule has 1 unspecified atom stereocenters. The summed E-state index contributed by atoms with van der Waals surface area (Å²) < 4.78 is 0. The van der Waals surface area contributed by atoms with Gasteiger partial charge in [-0.05, 0) is 37.1 Å². The van der Waals surface area contributed by atoms with E-state index in [9.17, 15) is 5.11 Å². The van der Waals surface area contributed by atoms with Crippen LogP contribution < -0.4 is 4.90 Å². The van der Waals surface area contributed by atoms with Crippen molar-refractivity contribution in [2.45, 2.75) is 19.4 Å². The zero-order chi connectivity index (χ0) is 21.9. The van der Waals surface area contributed by atoms with Crippen LogP contribution in [0.15, 0.2) is 54.7 Å². The van der Waals surface area contributed by atoms with Crippen LogP contribution in [0.4, 0.5) is 5.82 Å². The minimum atomic E-state index is 0.167. The fraction of sp³-hybridized carbons (Fsp3) is 0.333. The summed E-state index contributed by atoms with van der Waals surface area (Å²) in [6.07, 6.45) is 2.67. The van der Waals surface area contributed by atoms with E-state index in [0.29, 0.717) is 18.4 Å². The molecular formula is C24H27N7O. The molecule has 2 aromatic heterocycles. The van der Waals surface area contributed by atoms with Gasteiger partial charge < -0.3 is 10.0 Å². The van der Waals surface area contributed by atoms with Crippen LogP contribution in [-0.4, -0.2) is 74.2 Å². The summed E-state index contributed by atoms with van der Waals surface area (Å²) in [5.74, 6) is 1.45. The maximum atomic E-state index is 9.53. The molecule has 1 atom stereocenters. The second kappa shape index (κ2) is 9.02. The number of hydrogen-bond acceptors (Lipinski definition) is 7. The normalized spacial score (nSPS) is 17.2. The molecule has 2 N–H and O–H groups in total. The lowest BCUT2D eigenvalue weighted by Gasteiger charge is -2.41. The number of aliphatic hydroxyl groups is 1. The Morgan fingerprint density at radius 3 is 2.84 bits per heavy atom. The number of nitrogens with zero attached hydrogens (tertiary/aromatic N) is 6. The molecule has 1 saturated heterocycles. The summed E-state index contributed by atoms with van der Waals surface area (Å²) in [6.45, 7) is 5.39. The highest BCUT2D eigenvalue weighted by atomic mass is 16.3. The predicted octanol–water partition coefficient (Wildman–Crippen LogP) is 2.45. The summed E-state index contributed by atoms with van der Waals surface area (Å²) >= 11 is 0. The van der Waals surface area contributed by atoms with Gasteiger partial charge >= 0.3 is 0 Å². The van der Waals surface area contributed by atoms with Gasteiger partial charge in [0.15, 0.2) is 11.6 Å². The van der Waals surface area contributed by atoms with Crippen LogP contribution in [0.1, 0.15) is 11.3 Å². The molecule has 0 bridgehead atoms. The van der Waals surface area contributed by atoms with Gasteiger partial charge in [-0.3, -0.25) is 10.00 Å². The molecule has 1 aliphatic heterocycles. The van der Waals surface area contributed by atoms with Crippen molar-refractivity contribution in [2.24, 2.45) is 0 Å². The van der Waals surface area contributed by atoms with Crippen LogP contribution in [0.25, 0.3) is 22.3 Å². The maximum absolute atomic E-state index is 9.53. The number of anilines is 1. The van der Waals surface area contributed by atoms with Crippen LogP contribution in [0.3, 0.4) is 0 Å². The smallest absolute Gasteiger partial charge is 0.183 e. The van der Waals surface area contributed by atoms with E-state index in [1.165, 1.54) is 5.56 Å². The van der Waals surface area contributed by atoms with E-state index in [4.69, 9.17) is 4.98 Å². The average molecular weight is 430 g/mol. The van der Waals surface area contributed by atoms with Crippen molar-refractivity contribution in [1.82, 2.24) is 30.3 Å². The van der Waals surface area contributed by atoms with E-state index in [1.807, 2.05) is 25.1 Å². The van der Waals surface area contributed by atoms with Crippen molar-refractivity contribution in [3.05, 3.63) is 66.0 Å². The molecule has 8 heteroatoms. The molecule has 8 nitrogen and oxygen atoms in total. The molecule has 1 aliphatic rings. The molecule has 0 aliphatic carbocycles. The van der Waals surface area contributed by atoms with Gasteiger partial charge in [0.25, 0.3) is 0 Å². The molecule has 0 spiro atoms. The third-order valence-electron chi connectivity index (χ3n) is 6.18. The number of piperazine rings is 1. The third kappa shape index (κ3) is 4.19. The molecular weight excluding hydrogens is 402 g/mol. The minimum absolute atomic E-state index is 0.167. The standard InChI is InChI=1S/C24H27N7O/c1-17-21-14-19(7-8-22(21)28-27-17)24-26-23(15-25-29-24)31-10-9-30(11-12-32)20(16-31)13-18-5-3-2-4-6-18/h2-8,14-15,20,32H,9-13,16H2,1H3,(H,27,28). The Labute approximate surface area is 186 Å². The van der Waals surface area contributed by atoms with E-state index < -0.39 is 0 Å². The first-order valence-electron chi connectivity index (χ1n) is 11.0. The first kappa shape index (κ1) is 20.5. The summed E-state index contributed by atoms with van der Waals surface area (Å²) in [5.41, 5.74) is 4.18. The second-order valence-electron chi connectivity index (χ2n) is 8.27. The Balaban J connectivity index is 1.39. The highest BCUT2D eigenvalue weighted by Gasteiger charge is 2.28. The number of benzene rings is 2. The molecule has 0 saturated carbocycles. The molecule has 5 rings (SSSR count). The van der Waals surface area contributed by atoms with Gasteiger partial charge in [0.05, 0.1) is 18.3 Å². The lowest BCUT2D eigenvalue weighted by atomic mass is 10.0. The van der Waals surface area contributed by atoms with Crippen LogP contribution in [0.2, 0.25) is 0 Å². The molecule has 32 heavy (non-hydrogen) atoms. The highest BCUT2D eigenvalue weighted by Crippen LogP contribution is 2.25. The first-order valence-corrected chi connectivity index (χ1v) is 11.0. The monoisotopic (exact) mass is 429 g/mol. The van der Waals surface area contributed by atoms with Crippen molar-refractivity contribution in [3.63, 3.8) is 0 Å². The summed E-state index contributed by atoms with van der Waals surface area (Å²) in [7, 11) is 0. The van der Waals surface area contributed by atoms with E-state index in [2.05, 4.69) is 60.5 Å². The van der Waals surface area contributed by atoms with Crippen LogP contribution in [0, 0.1) is 6.92 Å². The Morgan fingerprint density at radius 1 is 1.12 bits per heavy atom. The number of hydrogen-bond donors (Lipinski definition) is 2. The van der Waals surface area contributed by atoms with Gasteiger partial charge in [-0.25, -0.2) is 4.98 Å². The number of aliphatic hydroxyl groups excluding tert-OH is 1. The van der Waals surface area contributed by atoms with Crippen LogP contribution in [-0.2, 0) is 6.42 Å². The topological polar surface area (TPSA) is 94.1 Å². The Morgan fingerprint density at radius 2 is 2.00 bits per heavy atom. The number of rotatable bonds is 6. The van der Waals surface area contributed by atoms with E-state index in [1.54, 1.807) is 6.20 Å². The maximum Gasteiger partial charge on any atom is 0.183 e. The van der Waals surface area contributed by atoms with Gasteiger partial charge in [0.2, 0.25) is 0 Å². The predicted molar refractivity (Wildman–Crippen MR) is 124 cm³/mol. The SMILES string of the molecule is Cc1[nH]nc2ccc(-c3nncc(N4CCN(CCO)C(Cc5ccccc5)C4)n3)cc12. The lowest BCUT2D eigenvalue weighted by Crippen LogP contribution is -2.55. The Hall–Kier alpha value is -3.36. The minimum Gasteiger partial charge on any atom is -0.395 e. The zero-order valence-electron chi connectivity index (χ0n) is 18.1. The number of β-amino-alcohol motifs (C(OH)–C–C–N with tert-alkyl or cyclic N) is 1. The highest BCUT2D eigenvalue weighted by molar-refractivity contribution is 5.85. The van der Waals surface area contributed by atoms with E-state index >= 15 is 0 Å². The second-order valence-corrected chi connectivity index (χ2v) is 8.27. The van der Waals surface area contributed by atoms with Gasteiger partial charge in [-0.1, -0.05) is 30.3 Å². The summed E-state index contributed by atoms with van der Waals surface area (Å²) in [5, 5.41) is 26.5. The average Bonchev–Trinajstić information content (AvgIpc) is 3.21. The molecule has 164 valence electrons. The molecule has 0 radical (unpaired) electrons. The largest absolute Gasteiger partial charge is 0.395 e. The van der Waals surface area contributed by atoms with E-state index in [0.717, 1.165) is 54.0 Å². The Kier molecular flexibility index (Phi) is 5.79. The van der Waals surface area contributed by atoms with Crippen molar-refractivity contribution in [3.8, 4) is 11.4 Å². The van der Waals surface area contributed by atoms with Crippen molar-refractivity contribution in [1.29, 1.82) is 0 Å². The van der Waals surface area contributed by atoms with Crippen molar-refractivity contribution in [2.75, 3.05) is 37.7 Å². The molecule has 0 amide bonds. The fourth-order valence-corrected chi connectivity index (χ4v) is 4.45. The number of aromatic nitrogens is 5. The number of aromatic amines is 1.